The predicted octanol–water partition coefficient (Wildman–Crippen LogP) is 6.09. The topological polar surface area (TPSA) is 39.9 Å². The number of ether oxygens (including phenoxy) is 1. The third-order valence-corrected chi connectivity index (χ3v) is 6.14. The van der Waals surface area contributed by atoms with Crippen molar-refractivity contribution in [2.75, 3.05) is 6.61 Å². The molecule has 4 nitrogen and oxygen atoms in total. The molecule has 0 amide bonds. The lowest BCUT2D eigenvalue weighted by molar-refractivity contribution is -0.137. The van der Waals surface area contributed by atoms with Crippen LogP contribution in [0.2, 0.25) is 5.02 Å². The second-order valence-electron chi connectivity index (χ2n) is 7.05. The summed E-state index contributed by atoms with van der Waals surface area (Å²) in [5.74, 6) is 1.04. The monoisotopic (exact) mass is 453 g/mol. The summed E-state index contributed by atoms with van der Waals surface area (Å²) in [7, 11) is 0. The zero-order chi connectivity index (χ0) is 21.1. The summed E-state index contributed by atoms with van der Waals surface area (Å²) in [6.45, 7) is 1.33. The number of aromatic nitrogens is 3. The Bertz CT molecular complexity index is 1000. The zero-order valence-corrected chi connectivity index (χ0v) is 17.5. The van der Waals surface area contributed by atoms with Gasteiger partial charge in [-0.25, -0.2) is 0 Å². The van der Waals surface area contributed by atoms with Crippen molar-refractivity contribution in [3.05, 3.63) is 64.7 Å². The number of hydrogen-bond acceptors (Lipinski definition) is 4. The van der Waals surface area contributed by atoms with Gasteiger partial charge in [0.05, 0.1) is 18.2 Å². The molecule has 30 heavy (non-hydrogen) atoms. The number of thioether (sulfide) groups is 1. The number of nitrogens with zero attached hydrogens (tertiary/aromatic N) is 3. The van der Waals surface area contributed by atoms with Gasteiger partial charge in [0.2, 0.25) is 0 Å². The molecule has 0 spiro atoms. The van der Waals surface area contributed by atoms with Crippen LogP contribution in [0.15, 0.2) is 53.7 Å². The Morgan fingerprint density at radius 1 is 1.13 bits per heavy atom. The van der Waals surface area contributed by atoms with Gasteiger partial charge in [-0.15, -0.1) is 10.2 Å². The van der Waals surface area contributed by atoms with E-state index >= 15 is 0 Å². The van der Waals surface area contributed by atoms with Crippen LogP contribution in [0.5, 0.6) is 0 Å². The molecular formula is C21H19ClF3N3OS. The van der Waals surface area contributed by atoms with Crippen molar-refractivity contribution in [3.63, 3.8) is 0 Å². The Hall–Kier alpha value is -2.03. The molecule has 0 radical (unpaired) electrons. The molecule has 0 aliphatic carbocycles. The van der Waals surface area contributed by atoms with Gasteiger partial charge in [-0.1, -0.05) is 41.6 Å². The van der Waals surface area contributed by atoms with E-state index in [1.807, 2.05) is 16.7 Å². The molecule has 1 aliphatic heterocycles. The van der Waals surface area contributed by atoms with E-state index in [0.717, 1.165) is 31.1 Å². The molecule has 0 unspecified atom stereocenters. The highest BCUT2D eigenvalue weighted by atomic mass is 35.5. The first kappa shape index (κ1) is 21.2. The zero-order valence-electron chi connectivity index (χ0n) is 15.9. The summed E-state index contributed by atoms with van der Waals surface area (Å²) in [5, 5.41) is 9.92. The van der Waals surface area contributed by atoms with Crippen molar-refractivity contribution >= 4 is 23.4 Å². The average Bonchev–Trinajstić information content (AvgIpc) is 3.37. The third kappa shape index (κ3) is 4.99. The summed E-state index contributed by atoms with van der Waals surface area (Å²) in [6, 6.07) is 12.7. The molecule has 2 heterocycles. The van der Waals surface area contributed by atoms with Crippen LogP contribution in [-0.2, 0) is 23.2 Å². The number of halogens is 4. The number of hydrogen-bond donors (Lipinski definition) is 0. The van der Waals surface area contributed by atoms with E-state index in [1.165, 1.54) is 23.9 Å². The second kappa shape index (κ2) is 8.99. The standard InChI is InChI=1S/C21H19ClF3N3OS/c22-17-8-6-15(7-9-17)19-26-27-20(28(19)12-18-5-2-10-29-18)30-13-14-3-1-4-16(11-14)21(23,24)25/h1,3-4,6-9,11,18H,2,5,10,12-13H2/t18-/m1/s1. The van der Waals surface area contributed by atoms with Crippen LogP contribution in [0.25, 0.3) is 11.4 Å². The first-order valence-corrected chi connectivity index (χ1v) is 10.9. The van der Waals surface area contributed by atoms with E-state index in [4.69, 9.17) is 16.3 Å². The Labute approximate surface area is 181 Å². The summed E-state index contributed by atoms with van der Waals surface area (Å²) in [4.78, 5) is 0. The molecule has 1 saturated heterocycles. The summed E-state index contributed by atoms with van der Waals surface area (Å²) < 4.78 is 46.7. The normalized spacial score (nSPS) is 16.9. The highest BCUT2D eigenvalue weighted by Crippen LogP contribution is 2.32. The minimum Gasteiger partial charge on any atom is -0.376 e. The Balaban J connectivity index is 1.58. The van der Waals surface area contributed by atoms with Crippen LogP contribution in [0, 0.1) is 0 Å². The van der Waals surface area contributed by atoms with Crippen molar-refractivity contribution in [3.8, 4) is 11.4 Å². The maximum atomic E-state index is 13.0. The highest BCUT2D eigenvalue weighted by Gasteiger charge is 2.30. The molecule has 0 bridgehead atoms. The number of alkyl halides is 3. The summed E-state index contributed by atoms with van der Waals surface area (Å²) >= 11 is 7.36. The van der Waals surface area contributed by atoms with E-state index in [1.54, 1.807) is 18.2 Å². The van der Waals surface area contributed by atoms with Gasteiger partial charge in [-0.2, -0.15) is 13.2 Å². The molecule has 1 atom stereocenters. The molecule has 0 N–H and O–H groups in total. The maximum absolute atomic E-state index is 13.0. The number of rotatable bonds is 6. The van der Waals surface area contributed by atoms with Crippen molar-refractivity contribution in [1.29, 1.82) is 0 Å². The first-order valence-electron chi connectivity index (χ1n) is 9.50. The van der Waals surface area contributed by atoms with Crippen LogP contribution in [-0.4, -0.2) is 27.5 Å². The van der Waals surface area contributed by atoms with Crippen LogP contribution >= 0.6 is 23.4 Å². The Morgan fingerprint density at radius 2 is 1.93 bits per heavy atom. The van der Waals surface area contributed by atoms with E-state index in [0.29, 0.717) is 33.9 Å². The minimum absolute atomic E-state index is 0.0694. The quantitative estimate of drug-likeness (QED) is 0.423. The molecule has 9 heteroatoms. The van der Waals surface area contributed by atoms with E-state index in [9.17, 15) is 13.2 Å². The third-order valence-electron chi connectivity index (χ3n) is 4.85. The van der Waals surface area contributed by atoms with E-state index in [-0.39, 0.29) is 6.10 Å². The molecule has 1 aromatic heterocycles. The van der Waals surface area contributed by atoms with Crippen LogP contribution < -0.4 is 0 Å². The van der Waals surface area contributed by atoms with Gasteiger partial charge in [0.25, 0.3) is 0 Å². The van der Waals surface area contributed by atoms with Crippen molar-refractivity contribution in [2.24, 2.45) is 0 Å². The minimum atomic E-state index is -4.36. The molecular weight excluding hydrogens is 435 g/mol. The van der Waals surface area contributed by atoms with Gasteiger partial charge in [0.15, 0.2) is 11.0 Å². The maximum Gasteiger partial charge on any atom is 0.416 e. The van der Waals surface area contributed by atoms with Crippen molar-refractivity contribution < 1.29 is 17.9 Å². The van der Waals surface area contributed by atoms with Gasteiger partial charge < -0.3 is 4.74 Å². The average molecular weight is 454 g/mol. The van der Waals surface area contributed by atoms with Gasteiger partial charge in [-0.05, 0) is 48.7 Å². The van der Waals surface area contributed by atoms with Gasteiger partial charge in [-0.3, -0.25) is 4.57 Å². The Morgan fingerprint density at radius 3 is 2.63 bits per heavy atom. The largest absolute Gasteiger partial charge is 0.416 e. The van der Waals surface area contributed by atoms with Crippen molar-refractivity contribution in [2.45, 2.75) is 42.6 Å². The van der Waals surface area contributed by atoms with Crippen LogP contribution in [0.3, 0.4) is 0 Å². The van der Waals surface area contributed by atoms with Crippen molar-refractivity contribution in [1.82, 2.24) is 14.8 Å². The number of benzene rings is 2. The molecule has 4 rings (SSSR count). The van der Waals surface area contributed by atoms with E-state index < -0.39 is 11.7 Å². The van der Waals surface area contributed by atoms with Gasteiger partial charge in [0.1, 0.15) is 0 Å². The highest BCUT2D eigenvalue weighted by molar-refractivity contribution is 7.98. The lowest BCUT2D eigenvalue weighted by Gasteiger charge is -2.15. The van der Waals surface area contributed by atoms with E-state index in [2.05, 4.69) is 10.2 Å². The Kier molecular flexibility index (Phi) is 6.36. The first-order chi connectivity index (χ1) is 14.4. The predicted molar refractivity (Wildman–Crippen MR) is 110 cm³/mol. The molecule has 158 valence electrons. The molecule has 1 fully saturated rings. The molecule has 0 saturated carbocycles. The van der Waals surface area contributed by atoms with Gasteiger partial charge in [0, 0.05) is 22.9 Å². The molecule has 2 aromatic carbocycles. The van der Waals surface area contributed by atoms with Gasteiger partial charge >= 0.3 is 6.18 Å². The SMILES string of the molecule is FC(F)(F)c1cccc(CSc2nnc(-c3ccc(Cl)cc3)n2C[C@H]2CCCO2)c1. The molecule has 1 aliphatic rings. The fourth-order valence-corrected chi connectivity index (χ4v) is 4.37. The fourth-order valence-electron chi connectivity index (χ4n) is 3.35. The summed E-state index contributed by atoms with van der Waals surface area (Å²) in [6.07, 6.45) is -2.33. The van der Waals surface area contributed by atoms with Crippen LogP contribution in [0.4, 0.5) is 13.2 Å². The second-order valence-corrected chi connectivity index (χ2v) is 8.42. The lowest BCUT2D eigenvalue weighted by atomic mass is 10.1. The smallest absolute Gasteiger partial charge is 0.376 e. The van der Waals surface area contributed by atoms with Crippen LogP contribution in [0.1, 0.15) is 24.0 Å². The fraction of sp³-hybridized carbons (Fsp3) is 0.333. The summed E-state index contributed by atoms with van der Waals surface area (Å²) in [5.41, 5.74) is 0.800. The lowest BCUT2D eigenvalue weighted by Crippen LogP contribution is -2.16. The molecule has 3 aromatic rings.